The molecule has 1 saturated carbocycles. The van der Waals surface area contributed by atoms with Crippen LogP contribution in [0.5, 0.6) is 0 Å². The van der Waals surface area contributed by atoms with Gasteiger partial charge in [0.05, 0.1) is 6.10 Å². The van der Waals surface area contributed by atoms with Gasteiger partial charge in [-0.2, -0.15) is 0 Å². The molecule has 1 N–H and O–H groups in total. The summed E-state index contributed by atoms with van der Waals surface area (Å²) >= 11 is 0. The van der Waals surface area contributed by atoms with Gasteiger partial charge in [0.25, 0.3) is 0 Å². The number of aliphatic hydroxyl groups excluding tert-OH is 1. The zero-order valence-electron chi connectivity index (χ0n) is 9.12. The van der Waals surface area contributed by atoms with Crippen LogP contribution < -0.4 is 0 Å². The van der Waals surface area contributed by atoms with Crippen LogP contribution in [0.3, 0.4) is 0 Å². The van der Waals surface area contributed by atoms with Gasteiger partial charge in [-0.3, -0.25) is 0 Å². The summed E-state index contributed by atoms with van der Waals surface area (Å²) in [6.45, 7) is 3.69. The molecule has 0 aromatic heterocycles. The monoisotopic (exact) mass is 197 g/mol. The molecule has 82 valence electrons. The quantitative estimate of drug-likeness (QED) is 0.732. The van der Waals surface area contributed by atoms with Crippen molar-refractivity contribution in [2.75, 3.05) is 19.6 Å². The van der Waals surface area contributed by atoms with Crippen molar-refractivity contribution in [3.05, 3.63) is 0 Å². The van der Waals surface area contributed by atoms with Crippen molar-refractivity contribution in [2.24, 2.45) is 5.92 Å². The number of hydrogen-bond donors (Lipinski definition) is 1. The molecule has 1 aliphatic heterocycles. The molecule has 0 spiro atoms. The molecule has 1 heterocycles. The highest BCUT2D eigenvalue weighted by atomic mass is 16.3. The van der Waals surface area contributed by atoms with Crippen LogP contribution in [0.4, 0.5) is 0 Å². The lowest BCUT2D eigenvalue weighted by Crippen LogP contribution is -2.39. The second kappa shape index (κ2) is 5.13. The molecule has 1 saturated heterocycles. The van der Waals surface area contributed by atoms with Crippen LogP contribution in [0.15, 0.2) is 0 Å². The van der Waals surface area contributed by atoms with Crippen LogP contribution in [0, 0.1) is 5.92 Å². The fraction of sp³-hybridized carbons (Fsp3) is 1.00. The third-order valence-electron chi connectivity index (χ3n) is 3.81. The molecule has 2 heteroatoms. The molecular weight excluding hydrogens is 174 g/mol. The van der Waals surface area contributed by atoms with E-state index in [0.29, 0.717) is 5.92 Å². The second-order valence-corrected chi connectivity index (χ2v) is 4.97. The predicted molar refractivity (Wildman–Crippen MR) is 58.3 cm³/mol. The Hall–Kier alpha value is -0.0800. The summed E-state index contributed by atoms with van der Waals surface area (Å²) in [5.41, 5.74) is 0. The molecule has 2 atom stereocenters. The Morgan fingerprint density at radius 1 is 0.929 bits per heavy atom. The first-order chi connectivity index (χ1) is 6.86. The number of likely N-dealkylation sites (tertiary alicyclic amines) is 1. The highest BCUT2D eigenvalue weighted by Gasteiger charge is 2.25. The van der Waals surface area contributed by atoms with Gasteiger partial charge in [0.15, 0.2) is 0 Å². The molecule has 0 bridgehead atoms. The predicted octanol–water partition coefficient (Wildman–Crippen LogP) is 2.02. The summed E-state index contributed by atoms with van der Waals surface area (Å²) < 4.78 is 0. The zero-order chi connectivity index (χ0) is 9.80. The van der Waals surface area contributed by atoms with E-state index in [2.05, 4.69) is 4.90 Å². The fourth-order valence-corrected chi connectivity index (χ4v) is 2.87. The van der Waals surface area contributed by atoms with Crippen molar-refractivity contribution in [1.82, 2.24) is 4.90 Å². The third-order valence-corrected chi connectivity index (χ3v) is 3.81. The Morgan fingerprint density at radius 3 is 2.36 bits per heavy atom. The number of piperidine rings is 1. The molecule has 0 aromatic rings. The van der Waals surface area contributed by atoms with E-state index in [-0.39, 0.29) is 6.10 Å². The van der Waals surface area contributed by atoms with Gasteiger partial charge in [-0.1, -0.05) is 19.3 Å². The van der Waals surface area contributed by atoms with E-state index >= 15 is 0 Å². The average molecular weight is 197 g/mol. The van der Waals surface area contributed by atoms with Crippen molar-refractivity contribution < 1.29 is 5.11 Å². The molecule has 2 fully saturated rings. The van der Waals surface area contributed by atoms with Crippen LogP contribution in [-0.2, 0) is 0 Å². The lowest BCUT2D eigenvalue weighted by molar-refractivity contribution is 0.0424. The standard InChI is InChI=1S/C12H23NO/c14-12-7-3-2-6-11(12)10-13-8-4-1-5-9-13/h11-12,14H,1-10H2/t11-,12+/m0/s1. The summed E-state index contributed by atoms with van der Waals surface area (Å²) in [6.07, 6.45) is 8.98. The minimum atomic E-state index is -0.00863. The van der Waals surface area contributed by atoms with E-state index in [0.717, 1.165) is 13.0 Å². The largest absolute Gasteiger partial charge is 0.393 e. The minimum Gasteiger partial charge on any atom is -0.393 e. The second-order valence-electron chi connectivity index (χ2n) is 4.97. The molecule has 0 aromatic carbocycles. The maximum Gasteiger partial charge on any atom is 0.0580 e. The van der Waals surface area contributed by atoms with E-state index in [4.69, 9.17) is 0 Å². The normalized spacial score (nSPS) is 35.8. The lowest BCUT2D eigenvalue weighted by Gasteiger charge is -2.34. The number of nitrogens with zero attached hydrogens (tertiary/aromatic N) is 1. The summed E-state index contributed by atoms with van der Waals surface area (Å²) in [7, 11) is 0. The highest BCUT2D eigenvalue weighted by Crippen LogP contribution is 2.25. The molecular formula is C12H23NO. The van der Waals surface area contributed by atoms with Gasteiger partial charge in [-0.25, -0.2) is 0 Å². The maximum atomic E-state index is 9.87. The Bertz CT molecular complexity index is 166. The lowest BCUT2D eigenvalue weighted by atomic mass is 9.86. The van der Waals surface area contributed by atoms with Gasteiger partial charge >= 0.3 is 0 Å². The molecule has 2 aliphatic rings. The van der Waals surface area contributed by atoms with Gasteiger partial charge in [0, 0.05) is 6.54 Å². The van der Waals surface area contributed by atoms with Gasteiger partial charge < -0.3 is 10.0 Å². The maximum absolute atomic E-state index is 9.87. The highest BCUT2D eigenvalue weighted by molar-refractivity contribution is 4.78. The average Bonchev–Trinajstić information content (AvgIpc) is 2.23. The Kier molecular flexibility index (Phi) is 3.82. The first-order valence-corrected chi connectivity index (χ1v) is 6.26. The summed E-state index contributed by atoms with van der Waals surface area (Å²) in [4.78, 5) is 2.56. The smallest absolute Gasteiger partial charge is 0.0580 e. The Morgan fingerprint density at radius 2 is 1.64 bits per heavy atom. The number of rotatable bonds is 2. The SMILES string of the molecule is O[C@@H]1CCCC[C@H]1CN1CCCCC1. The van der Waals surface area contributed by atoms with E-state index in [1.54, 1.807) is 0 Å². The summed E-state index contributed by atoms with van der Waals surface area (Å²) in [6, 6.07) is 0. The van der Waals surface area contributed by atoms with Crippen LogP contribution in [-0.4, -0.2) is 35.7 Å². The fourth-order valence-electron chi connectivity index (χ4n) is 2.87. The first-order valence-electron chi connectivity index (χ1n) is 6.26. The molecule has 0 unspecified atom stereocenters. The zero-order valence-corrected chi connectivity index (χ0v) is 9.12. The number of aliphatic hydroxyl groups is 1. The van der Waals surface area contributed by atoms with Gasteiger partial charge in [0.1, 0.15) is 0 Å². The van der Waals surface area contributed by atoms with Gasteiger partial charge in [-0.15, -0.1) is 0 Å². The van der Waals surface area contributed by atoms with Crippen LogP contribution >= 0.6 is 0 Å². The summed E-state index contributed by atoms with van der Waals surface area (Å²) in [5, 5.41) is 9.87. The van der Waals surface area contributed by atoms with Crippen molar-refractivity contribution in [3.8, 4) is 0 Å². The molecule has 1 aliphatic carbocycles. The van der Waals surface area contributed by atoms with E-state index in [9.17, 15) is 5.11 Å². The minimum absolute atomic E-state index is 0.00863. The molecule has 14 heavy (non-hydrogen) atoms. The first kappa shape index (κ1) is 10.4. The van der Waals surface area contributed by atoms with Gasteiger partial charge in [-0.05, 0) is 44.7 Å². The van der Waals surface area contributed by atoms with E-state index < -0.39 is 0 Å². The number of hydrogen-bond acceptors (Lipinski definition) is 2. The van der Waals surface area contributed by atoms with Crippen molar-refractivity contribution in [3.63, 3.8) is 0 Å². The molecule has 2 nitrogen and oxygen atoms in total. The van der Waals surface area contributed by atoms with E-state index in [1.807, 2.05) is 0 Å². The van der Waals surface area contributed by atoms with Crippen LogP contribution in [0.25, 0.3) is 0 Å². The summed E-state index contributed by atoms with van der Waals surface area (Å²) in [5.74, 6) is 0.571. The topological polar surface area (TPSA) is 23.5 Å². The van der Waals surface area contributed by atoms with Gasteiger partial charge in [0.2, 0.25) is 0 Å². The van der Waals surface area contributed by atoms with Crippen molar-refractivity contribution in [2.45, 2.75) is 51.0 Å². The molecule has 2 rings (SSSR count). The van der Waals surface area contributed by atoms with E-state index in [1.165, 1.54) is 51.6 Å². The van der Waals surface area contributed by atoms with Crippen molar-refractivity contribution >= 4 is 0 Å². The van der Waals surface area contributed by atoms with Crippen LogP contribution in [0.2, 0.25) is 0 Å². The van der Waals surface area contributed by atoms with Crippen LogP contribution in [0.1, 0.15) is 44.9 Å². The van der Waals surface area contributed by atoms with Crippen molar-refractivity contribution in [1.29, 1.82) is 0 Å². The third kappa shape index (κ3) is 2.71. The molecule has 0 radical (unpaired) electrons. The Balaban J connectivity index is 1.76. The Labute approximate surface area is 87.3 Å². The molecule has 0 amide bonds.